The van der Waals surface area contributed by atoms with E-state index in [2.05, 4.69) is 33.9 Å². The Bertz CT molecular complexity index is 811. The van der Waals surface area contributed by atoms with E-state index < -0.39 is 16.1 Å². The molecule has 0 bridgehead atoms. The fourth-order valence-electron chi connectivity index (χ4n) is 4.52. The minimum Gasteiger partial charge on any atom is -0.348 e. The van der Waals surface area contributed by atoms with E-state index in [1.165, 1.54) is 0 Å². The highest BCUT2D eigenvalue weighted by atomic mass is 32.2. The molecule has 1 amide bonds. The summed E-state index contributed by atoms with van der Waals surface area (Å²) in [4.78, 5) is 15.0. The number of amides is 1. The van der Waals surface area contributed by atoms with Crippen LogP contribution < -0.4 is 10.0 Å². The van der Waals surface area contributed by atoms with Crippen molar-refractivity contribution in [3.8, 4) is 0 Å². The number of carbonyl (C=O) groups excluding carboxylic acids is 1. The van der Waals surface area contributed by atoms with Crippen LogP contribution in [0.4, 0.5) is 0 Å². The number of rotatable bonds is 5. The Morgan fingerprint density at radius 1 is 1.30 bits per heavy atom. The Morgan fingerprint density at radius 3 is 2.52 bits per heavy atom. The van der Waals surface area contributed by atoms with Gasteiger partial charge in [-0.2, -0.15) is 5.10 Å². The Balaban J connectivity index is 1.89. The number of nitrogens with one attached hydrogen (secondary N) is 2. The summed E-state index contributed by atoms with van der Waals surface area (Å²) in [6, 6.07) is -0.776. The largest absolute Gasteiger partial charge is 0.348 e. The summed E-state index contributed by atoms with van der Waals surface area (Å²) in [6.45, 7) is 8.71. The molecular formula is C18H31N5O3S. The molecule has 8 nitrogen and oxygen atoms in total. The number of carbonyl (C=O) groups is 1. The molecule has 0 aromatic carbocycles. The van der Waals surface area contributed by atoms with Crippen molar-refractivity contribution in [1.29, 1.82) is 0 Å². The third kappa shape index (κ3) is 4.52. The molecule has 1 aromatic heterocycles. The number of hydrogen-bond acceptors (Lipinski definition) is 5. The summed E-state index contributed by atoms with van der Waals surface area (Å²) in [6.07, 6.45) is 5.15. The summed E-state index contributed by atoms with van der Waals surface area (Å²) in [5.74, 6) is -0.220. The molecule has 1 saturated heterocycles. The Labute approximate surface area is 161 Å². The van der Waals surface area contributed by atoms with Crippen LogP contribution >= 0.6 is 0 Å². The standard InChI is InChI=1S/C18H31N5O3S/c1-5-23-14(3)15(13(2)20-23)10-22-11-16(21-27(4,25)26)17(24)19-18(12-22)8-6-7-9-18/h16,21H,5-12H2,1-4H3,(H,19,24). The lowest BCUT2D eigenvalue weighted by molar-refractivity contribution is -0.123. The van der Waals surface area contributed by atoms with E-state index in [0.29, 0.717) is 13.1 Å². The van der Waals surface area contributed by atoms with Crippen LogP contribution in [0.2, 0.25) is 0 Å². The SMILES string of the molecule is CCn1nc(C)c(CN2CC(NS(C)(=O)=O)C(=O)NC3(CCCC3)C2)c1C. The number of aryl methyl sites for hydroxylation is 2. The lowest BCUT2D eigenvalue weighted by Crippen LogP contribution is -2.54. The van der Waals surface area contributed by atoms with E-state index in [-0.39, 0.29) is 11.4 Å². The lowest BCUT2D eigenvalue weighted by Gasteiger charge is -2.33. The monoisotopic (exact) mass is 397 g/mol. The molecule has 2 aliphatic rings. The molecule has 1 aromatic rings. The molecule has 2 N–H and O–H groups in total. The van der Waals surface area contributed by atoms with Crippen LogP contribution in [0.25, 0.3) is 0 Å². The van der Waals surface area contributed by atoms with Gasteiger partial charge in [-0.25, -0.2) is 13.1 Å². The average molecular weight is 398 g/mol. The second-order valence-corrected chi connectivity index (χ2v) is 9.83. The fourth-order valence-corrected chi connectivity index (χ4v) is 5.22. The molecule has 1 atom stereocenters. The number of aromatic nitrogens is 2. The van der Waals surface area contributed by atoms with Gasteiger partial charge in [0.2, 0.25) is 15.9 Å². The lowest BCUT2D eigenvalue weighted by atomic mass is 9.97. The van der Waals surface area contributed by atoms with E-state index in [1.807, 2.05) is 11.6 Å². The van der Waals surface area contributed by atoms with Gasteiger partial charge in [-0.1, -0.05) is 12.8 Å². The van der Waals surface area contributed by atoms with Gasteiger partial charge in [0.25, 0.3) is 0 Å². The maximum absolute atomic E-state index is 12.8. The van der Waals surface area contributed by atoms with Crippen LogP contribution in [-0.2, 0) is 27.9 Å². The second-order valence-electron chi connectivity index (χ2n) is 8.05. The third-order valence-electron chi connectivity index (χ3n) is 5.80. The molecule has 27 heavy (non-hydrogen) atoms. The smallest absolute Gasteiger partial charge is 0.239 e. The summed E-state index contributed by atoms with van der Waals surface area (Å²) in [5.41, 5.74) is 3.03. The zero-order chi connectivity index (χ0) is 19.8. The van der Waals surface area contributed by atoms with E-state index in [1.54, 1.807) is 0 Å². The molecule has 0 radical (unpaired) electrons. The predicted molar refractivity (Wildman–Crippen MR) is 104 cm³/mol. The van der Waals surface area contributed by atoms with Crippen molar-refractivity contribution in [3.63, 3.8) is 0 Å². The van der Waals surface area contributed by atoms with E-state index in [0.717, 1.165) is 62.0 Å². The van der Waals surface area contributed by atoms with Crippen molar-refractivity contribution in [2.75, 3.05) is 19.3 Å². The highest BCUT2D eigenvalue weighted by Gasteiger charge is 2.42. The van der Waals surface area contributed by atoms with Crippen molar-refractivity contribution >= 4 is 15.9 Å². The zero-order valence-electron chi connectivity index (χ0n) is 16.7. The van der Waals surface area contributed by atoms with Gasteiger partial charge in [-0.05, 0) is 33.6 Å². The summed E-state index contributed by atoms with van der Waals surface area (Å²) < 4.78 is 28.0. The van der Waals surface area contributed by atoms with Gasteiger partial charge in [-0.3, -0.25) is 14.4 Å². The summed E-state index contributed by atoms with van der Waals surface area (Å²) >= 11 is 0. The molecule has 1 unspecified atom stereocenters. The number of sulfonamides is 1. The van der Waals surface area contributed by atoms with Crippen LogP contribution in [-0.4, -0.2) is 59.9 Å². The van der Waals surface area contributed by atoms with Gasteiger partial charge in [0.05, 0.1) is 17.5 Å². The second kappa shape index (κ2) is 7.52. The Kier molecular flexibility index (Phi) is 5.65. The first-order valence-corrected chi connectivity index (χ1v) is 11.6. The number of hydrogen-bond donors (Lipinski definition) is 2. The first-order chi connectivity index (χ1) is 12.6. The molecule has 1 spiro atoms. The maximum Gasteiger partial charge on any atom is 0.239 e. The van der Waals surface area contributed by atoms with Crippen LogP contribution in [0, 0.1) is 13.8 Å². The quantitative estimate of drug-likeness (QED) is 0.762. The van der Waals surface area contributed by atoms with E-state index >= 15 is 0 Å². The van der Waals surface area contributed by atoms with Crippen molar-refractivity contribution in [2.45, 2.75) is 71.1 Å². The molecule has 3 rings (SSSR count). The van der Waals surface area contributed by atoms with Crippen molar-refractivity contribution in [2.24, 2.45) is 0 Å². The predicted octanol–water partition coefficient (Wildman–Crippen LogP) is 0.682. The van der Waals surface area contributed by atoms with Gasteiger partial charge >= 0.3 is 0 Å². The fraction of sp³-hybridized carbons (Fsp3) is 0.778. The molecular weight excluding hydrogens is 366 g/mol. The minimum atomic E-state index is -3.47. The van der Waals surface area contributed by atoms with Gasteiger partial charge in [0, 0.05) is 37.4 Å². The first-order valence-electron chi connectivity index (χ1n) is 9.67. The summed E-state index contributed by atoms with van der Waals surface area (Å²) in [5, 5.41) is 7.76. The van der Waals surface area contributed by atoms with Gasteiger partial charge < -0.3 is 5.32 Å². The molecule has 9 heteroatoms. The van der Waals surface area contributed by atoms with Crippen molar-refractivity contribution in [3.05, 3.63) is 17.0 Å². The van der Waals surface area contributed by atoms with Crippen LogP contribution in [0.3, 0.4) is 0 Å². The third-order valence-corrected chi connectivity index (χ3v) is 6.51. The molecule has 1 saturated carbocycles. The Hall–Kier alpha value is -1.45. The van der Waals surface area contributed by atoms with Gasteiger partial charge in [-0.15, -0.1) is 0 Å². The maximum atomic E-state index is 12.8. The summed E-state index contributed by atoms with van der Waals surface area (Å²) in [7, 11) is -3.47. The average Bonchev–Trinajstić information content (AvgIpc) is 3.08. The van der Waals surface area contributed by atoms with Gasteiger partial charge in [0.1, 0.15) is 6.04 Å². The molecule has 152 valence electrons. The molecule has 2 heterocycles. The Morgan fingerprint density at radius 2 is 1.96 bits per heavy atom. The molecule has 2 fully saturated rings. The van der Waals surface area contributed by atoms with E-state index in [4.69, 9.17) is 0 Å². The minimum absolute atomic E-state index is 0.220. The highest BCUT2D eigenvalue weighted by molar-refractivity contribution is 7.88. The number of nitrogens with zero attached hydrogens (tertiary/aromatic N) is 3. The van der Waals surface area contributed by atoms with Crippen molar-refractivity contribution in [1.82, 2.24) is 24.7 Å². The van der Waals surface area contributed by atoms with Crippen LogP contribution in [0.15, 0.2) is 0 Å². The zero-order valence-corrected chi connectivity index (χ0v) is 17.5. The molecule has 1 aliphatic carbocycles. The molecule has 1 aliphatic heterocycles. The van der Waals surface area contributed by atoms with Gasteiger partial charge in [0.15, 0.2) is 0 Å². The normalized spacial score (nSPS) is 23.6. The topological polar surface area (TPSA) is 96.3 Å². The van der Waals surface area contributed by atoms with E-state index in [9.17, 15) is 13.2 Å². The first kappa shape index (κ1) is 20.3. The highest BCUT2D eigenvalue weighted by Crippen LogP contribution is 2.32. The van der Waals surface area contributed by atoms with Crippen molar-refractivity contribution < 1.29 is 13.2 Å². The van der Waals surface area contributed by atoms with Crippen LogP contribution in [0.5, 0.6) is 0 Å². The van der Waals surface area contributed by atoms with Crippen LogP contribution in [0.1, 0.15) is 49.6 Å².